The fourth-order valence-corrected chi connectivity index (χ4v) is 3.10. The zero-order valence-electron chi connectivity index (χ0n) is 15.2. The summed E-state index contributed by atoms with van der Waals surface area (Å²) in [4.78, 5) is 25.5. The van der Waals surface area contributed by atoms with Gasteiger partial charge in [0.25, 0.3) is 11.8 Å². The van der Waals surface area contributed by atoms with Crippen molar-refractivity contribution in [3.8, 4) is 5.75 Å². The molecule has 3 rings (SSSR count). The van der Waals surface area contributed by atoms with E-state index in [2.05, 4.69) is 11.4 Å². The Morgan fingerprint density at radius 2 is 1.69 bits per heavy atom. The second kappa shape index (κ2) is 8.04. The van der Waals surface area contributed by atoms with Gasteiger partial charge in [0.15, 0.2) is 6.61 Å². The Morgan fingerprint density at radius 3 is 2.38 bits per heavy atom. The number of benzene rings is 2. The number of anilines is 1. The van der Waals surface area contributed by atoms with E-state index in [0.717, 1.165) is 18.6 Å². The third kappa shape index (κ3) is 4.42. The third-order valence-corrected chi connectivity index (χ3v) is 4.51. The van der Waals surface area contributed by atoms with Crippen LogP contribution in [-0.4, -0.2) is 37.4 Å². The Kier molecular flexibility index (Phi) is 5.56. The molecule has 2 amide bonds. The lowest BCUT2D eigenvalue weighted by atomic mass is 9.92. The van der Waals surface area contributed by atoms with Gasteiger partial charge in [-0.3, -0.25) is 9.59 Å². The Balaban J connectivity index is 1.53. The first-order valence-corrected chi connectivity index (χ1v) is 8.89. The van der Waals surface area contributed by atoms with Crippen molar-refractivity contribution in [1.82, 2.24) is 4.90 Å². The summed E-state index contributed by atoms with van der Waals surface area (Å²) in [6.07, 6.45) is 4.66. The molecule has 0 unspecified atom stereocenters. The second-order valence-electron chi connectivity index (χ2n) is 6.75. The molecule has 0 aromatic heterocycles. The van der Waals surface area contributed by atoms with Gasteiger partial charge < -0.3 is 15.0 Å². The monoisotopic (exact) mass is 352 g/mol. The quantitative estimate of drug-likeness (QED) is 0.898. The highest BCUT2D eigenvalue weighted by molar-refractivity contribution is 5.95. The molecule has 26 heavy (non-hydrogen) atoms. The normalized spacial score (nSPS) is 12.8. The van der Waals surface area contributed by atoms with Gasteiger partial charge in [0.1, 0.15) is 5.75 Å². The molecule has 2 aromatic carbocycles. The number of hydrogen-bond donors (Lipinski definition) is 1. The van der Waals surface area contributed by atoms with Crippen molar-refractivity contribution in [1.29, 1.82) is 0 Å². The molecule has 0 radical (unpaired) electrons. The van der Waals surface area contributed by atoms with Crippen molar-refractivity contribution in [2.75, 3.05) is 26.0 Å². The number of nitrogens with one attached hydrogen (secondary N) is 1. The van der Waals surface area contributed by atoms with Crippen LogP contribution >= 0.6 is 0 Å². The number of aryl methyl sites for hydroxylation is 2. The minimum atomic E-state index is -0.227. The van der Waals surface area contributed by atoms with Crippen molar-refractivity contribution in [2.24, 2.45) is 0 Å². The van der Waals surface area contributed by atoms with Gasteiger partial charge in [0.2, 0.25) is 0 Å². The van der Waals surface area contributed by atoms with Crippen molar-refractivity contribution in [2.45, 2.75) is 25.7 Å². The molecule has 1 N–H and O–H groups in total. The van der Waals surface area contributed by atoms with Gasteiger partial charge in [0, 0.05) is 25.3 Å². The zero-order chi connectivity index (χ0) is 18.5. The molecule has 0 fully saturated rings. The lowest BCUT2D eigenvalue weighted by Gasteiger charge is -2.16. The predicted molar refractivity (Wildman–Crippen MR) is 102 cm³/mol. The largest absolute Gasteiger partial charge is 0.484 e. The molecule has 0 saturated heterocycles. The standard InChI is InChI=1S/C21H24N2O3/c1-23(2)21(25)16-7-10-18(11-8-16)22-20(24)14-26-19-12-9-15-5-3-4-6-17(15)13-19/h7-13H,3-6,14H2,1-2H3,(H,22,24). The summed E-state index contributed by atoms with van der Waals surface area (Å²) in [7, 11) is 3.41. The molecule has 0 heterocycles. The highest BCUT2D eigenvalue weighted by Gasteiger charge is 2.11. The molecule has 1 aliphatic rings. The van der Waals surface area contributed by atoms with Crippen LogP contribution in [0.1, 0.15) is 34.3 Å². The van der Waals surface area contributed by atoms with E-state index in [0.29, 0.717) is 11.3 Å². The molecular weight excluding hydrogens is 328 g/mol. The first-order chi connectivity index (χ1) is 12.5. The van der Waals surface area contributed by atoms with Gasteiger partial charge in [0.05, 0.1) is 0 Å². The molecule has 1 aliphatic carbocycles. The van der Waals surface area contributed by atoms with Gasteiger partial charge >= 0.3 is 0 Å². The Bertz CT molecular complexity index is 797. The van der Waals surface area contributed by atoms with Gasteiger partial charge in [-0.1, -0.05) is 6.07 Å². The lowest BCUT2D eigenvalue weighted by molar-refractivity contribution is -0.118. The van der Waals surface area contributed by atoms with Crippen LogP contribution in [-0.2, 0) is 17.6 Å². The topological polar surface area (TPSA) is 58.6 Å². The fourth-order valence-electron chi connectivity index (χ4n) is 3.10. The van der Waals surface area contributed by atoms with Crippen molar-refractivity contribution < 1.29 is 14.3 Å². The summed E-state index contributed by atoms with van der Waals surface area (Å²) in [6.45, 7) is -0.0445. The molecule has 5 heteroatoms. The van der Waals surface area contributed by atoms with Gasteiger partial charge in [-0.25, -0.2) is 0 Å². The Morgan fingerprint density at radius 1 is 1.00 bits per heavy atom. The van der Waals surface area contributed by atoms with E-state index in [1.54, 1.807) is 38.4 Å². The van der Waals surface area contributed by atoms with E-state index in [4.69, 9.17) is 4.74 Å². The maximum absolute atomic E-state index is 12.1. The average Bonchev–Trinajstić information content (AvgIpc) is 2.66. The molecule has 2 aromatic rings. The number of hydrogen-bond acceptors (Lipinski definition) is 3. The number of amides is 2. The van der Waals surface area contributed by atoms with Crippen molar-refractivity contribution >= 4 is 17.5 Å². The smallest absolute Gasteiger partial charge is 0.262 e. The van der Waals surface area contributed by atoms with Crippen molar-refractivity contribution in [3.63, 3.8) is 0 Å². The van der Waals surface area contributed by atoms with Crippen LogP contribution in [0.5, 0.6) is 5.75 Å². The van der Waals surface area contributed by atoms with Crippen molar-refractivity contribution in [3.05, 3.63) is 59.2 Å². The molecule has 0 atom stereocenters. The maximum atomic E-state index is 12.1. The predicted octanol–water partition coefficient (Wildman–Crippen LogP) is 3.28. The number of fused-ring (bicyclic) bond motifs is 1. The molecular formula is C21H24N2O3. The van der Waals surface area contributed by atoms with Gasteiger partial charge in [-0.2, -0.15) is 0 Å². The molecule has 136 valence electrons. The van der Waals surface area contributed by atoms with Gasteiger partial charge in [-0.05, 0) is 73.2 Å². The molecule has 0 bridgehead atoms. The number of carbonyl (C=O) groups excluding carboxylic acids is 2. The van der Waals surface area contributed by atoms with E-state index < -0.39 is 0 Å². The highest BCUT2D eigenvalue weighted by atomic mass is 16.5. The summed E-state index contributed by atoms with van der Waals surface area (Å²) in [5, 5.41) is 2.78. The van der Waals surface area contributed by atoms with Crippen LogP contribution in [0.3, 0.4) is 0 Å². The number of ether oxygens (including phenoxy) is 1. The first kappa shape index (κ1) is 18.0. The van der Waals surface area contributed by atoms with E-state index in [1.807, 2.05) is 12.1 Å². The average molecular weight is 352 g/mol. The SMILES string of the molecule is CN(C)C(=O)c1ccc(NC(=O)COc2ccc3c(c2)CCCC3)cc1. The Hall–Kier alpha value is -2.82. The minimum Gasteiger partial charge on any atom is -0.484 e. The molecule has 0 aliphatic heterocycles. The van der Waals surface area contributed by atoms with Crippen LogP contribution in [0.25, 0.3) is 0 Å². The van der Waals surface area contributed by atoms with E-state index >= 15 is 0 Å². The maximum Gasteiger partial charge on any atom is 0.262 e. The lowest BCUT2D eigenvalue weighted by Crippen LogP contribution is -2.22. The van der Waals surface area contributed by atoms with Crippen LogP contribution in [0.2, 0.25) is 0 Å². The van der Waals surface area contributed by atoms with E-state index in [9.17, 15) is 9.59 Å². The van der Waals surface area contributed by atoms with Crippen LogP contribution in [0.4, 0.5) is 5.69 Å². The molecule has 5 nitrogen and oxygen atoms in total. The van der Waals surface area contributed by atoms with Gasteiger partial charge in [-0.15, -0.1) is 0 Å². The summed E-state index contributed by atoms with van der Waals surface area (Å²) < 4.78 is 5.63. The molecule has 0 saturated carbocycles. The third-order valence-electron chi connectivity index (χ3n) is 4.51. The second-order valence-corrected chi connectivity index (χ2v) is 6.75. The zero-order valence-corrected chi connectivity index (χ0v) is 15.2. The Labute approximate surface area is 154 Å². The first-order valence-electron chi connectivity index (χ1n) is 8.89. The van der Waals surface area contributed by atoms with E-state index in [-0.39, 0.29) is 18.4 Å². The number of rotatable bonds is 5. The van der Waals surface area contributed by atoms with Crippen LogP contribution in [0.15, 0.2) is 42.5 Å². The summed E-state index contributed by atoms with van der Waals surface area (Å²) in [6, 6.07) is 12.9. The fraction of sp³-hybridized carbons (Fsp3) is 0.333. The van der Waals surface area contributed by atoms with Crippen LogP contribution in [0, 0.1) is 0 Å². The summed E-state index contributed by atoms with van der Waals surface area (Å²) in [5.74, 6) is 0.431. The van der Waals surface area contributed by atoms with Crippen LogP contribution < -0.4 is 10.1 Å². The minimum absolute atomic E-state index is 0.0445. The van der Waals surface area contributed by atoms with E-state index in [1.165, 1.54) is 28.9 Å². The highest BCUT2D eigenvalue weighted by Crippen LogP contribution is 2.25. The number of carbonyl (C=O) groups is 2. The summed E-state index contributed by atoms with van der Waals surface area (Å²) in [5.41, 5.74) is 3.94. The molecule has 0 spiro atoms. The number of nitrogens with zero attached hydrogens (tertiary/aromatic N) is 1. The summed E-state index contributed by atoms with van der Waals surface area (Å²) >= 11 is 0.